The first-order valence-corrected chi connectivity index (χ1v) is 19.9. The number of nitrogens with zero attached hydrogens (tertiary/aromatic N) is 8. The Kier molecular flexibility index (Phi) is 7.67. The molecule has 0 fully saturated rings. The first-order chi connectivity index (χ1) is 29.8. The summed E-state index contributed by atoms with van der Waals surface area (Å²) in [6, 6.07) is 66.3. The number of para-hydroxylation sites is 1. The second-order valence-corrected chi connectivity index (χ2v) is 14.8. The molecule has 0 aliphatic carbocycles. The zero-order valence-corrected chi connectivity index (χ0v) is 32.1. The minimum atomic E-state index is 0.521. The Bertz CT molecular complexity index is 3300. The molecule has 3 aromatic heterocycles. The molecule has 0 bridgehead atoms. The topological polar surface area (TPSA) is 85.5 Å². The van der Waals surface area contributed by atoms with Crippen molar-refractivity contribution >= 4 is 49.9 Å². The number of hydrogen-bond acceptors (Lipinski definition) is 7. The van der Waals surface area contributed by atoms with Crippen molar-refractivity contribution in [2.75, 3.05) is 4.90 Å². The fraction of sp³-hybridized carbons (Fsp3) is 0. The van der Waals surface area contributed by atoms with Crippen LogP contribution in [0, 0.1) is 0 Å². The van der Waals surface area contributed by atoms with Crippen LogP contribution in [-0.2, 0) is 0 Å². The van der Waals surface area contributed by atoms with Gasteiger partial charge in [-0.2, -0.15) is 19.9 Å². The van der Waals surface area contributed by atoms with Gasteiger partial charge in [-0.05, 0) is 29.1 Å². The summed E-state index contributed by atoms with van der Waals surface area (Å²) >= 11 is 0. The van der Waals surface area contributed by atoms with E-state index in [0.29, 0.717) is 35.2 Å². The monoisotopic (exact) mass is 768 g/mol. The molecule has 0 radical (unpaired) electrons. The Morgan fingerprint density at radius 3 is 1.35 bits per heavy atom. The van der Waals surface area contributed by atoms with Gasteiger partial charge < -0.3 is 0 Å². The molecule has 0 unspecified atom stereocenters. The molecule has 0 atom stereocenters. The largest absolute Gasteiger partial charge is 0.278 e. The quantitative estimate of drug-likeness (QED) is 0.166. The van der Waals surface area contributed by atoms with Gasteiger partial charge in [0.2, 0.25) is 11.9 Å². The highest BCUT2D eigenvalue weighted by molar-refractivity contribution is 6.24. The fourth-order valence-electron chi connectivity index (χ4n) is 8.56. The molecule has 0 N–H and O–H groups in total. The molecule has 8 heteroatoms. The maximum atomic E-state index is 5.32. The van der Waals surface area contributed by atoms with E-state index in [-0.39, 0.29) is 0 Å². The number of aromatic nitrogens is 7. The predicted octanol–water partition coefficient (Wildman–Crippen LogP) is 12.4. The van der Waals surface area contributed by atoms with Crippen molar-refractivity contribution in [2.45, 2.75) is 0 Å². The lowest BCUT2D eigenvalue weighted by molar-refractivity contribution is 0.953. The van der Waals surface area contributed by atoms with Gasteiger partial charge in [-0.3, -0.25) is 9.47 Å². The lowest BCUT2D eigenvalue weighted by Gasteiger charge is -2.33. The summed E-state index contributed by atoms with van der Waals surface area (Å²) in [5.74, 6) is 3.42. The smallest absolute Gasteiger partial charge is 0.238 e. The van der Waals surface area contributed by atoms with Crippen LogP contribution in [-0.4, -0.2) is 34.5 Å². The predicted molar refractivity (Wildman–Crippen MR) is 240 cm³/mol. The van der Waals surface area contributed by atoms with Crippen LogP contribution in [0.1, 0.15) is 0 Å². The summed E-state index contributed by atoms with van der Waals surface area (Å²) in [4.78, 5) is 33.4. The first kappa shape index (κ1) is 33.7. The lowest BCUT2D eigenvalue weighted by Crippen LogP contribution is -2.19. The summed E-state index contributed by atoms with van der Waals surface area (Å²) in [5, 5.41) is 4.34. The second-order valence-electron chi connectivity index (χ2n) is 14.8. The summed E-state index contributed by atoms with van der Waals surface area (Å²) in [6.07, 6.45) is 0. The van der Waals surface area contributed by atoms with Gasteiger partial charge in [0.1, 0.15) is 0 Å². The minimum absolute atomic E-state index is 0.521. The highest BCUT2D eigenvalue weighted by Crippen LogP contribution is 2.54. The van der Waals surface area contributed by atoms with E-state index in [1.54, 1.807) is 0 Å². The molecule has 1 aliphatic rings. The Balaban J connectivity index is 1.19. The minimum Gasteiger partial charge on any atom is -0.278 e. The van der Waals surface area contributed by atoms with Crippen molar-refractivity contribution in [1.29, 1.82) is 0 Å². The van der Waals surface area contributed by atoms with Crippen molar-refractivity contribution in [3.05, 3.63) is 194 Å². The molecule has 60 heavy (non-hydrogen) atoms. The lowest BCUT2D eigenvalue weighted by atomic mass is 9.89. The van der Waals surface area contributed by atoms with Gasteiger partial charge in [0.05, 0.1) is 22.4 Å². The van der Waals surface area contributed by atoms with Crippen LogP contribution in [0.2, 0.25) is 0 Å². The highest BCUT2D eigenvalue weighted by Gasteiger charge is 2.33. The molecule has 0 saturated carbocycles. The van der Waals surface area contributed by atoms with Crippen molar-refractivity contribution in [3.8, 4) is 62.6 Å². The van der Waals surface area contributed by atoms with Crippen LogP contribution in [0.4, 0.5) is 17.3 Å². The zero-order valence-electron chi connectivity index (χ0n) is 32.1. The van der Waals surface area contributed by atoms with Crippen LogP contribution in [0.15, 0.2) is 194 Å². The third kappa shape index (κ3) is 5.39. The van der Waals surface area contributed by atoms with Gasteiger partial charge >= 0.3 is 0 Å². The van der Waals surface area contributed by atoms with E-state index in [1.165, 1.54) is 0 Å². The molecule has 12 rings (SSSR count). The molecule has 0 amide bonds. The van der Waals surface area contributed by atoms with Gasteiger partial charge in [-0.15, -0.1) is 0 Å². The van der Waals surface area contributed by atoms with Gasteiger partial charge in [-0.1, -0.05) is 176 Å². The Hall–Kier alpha value is -8.36. The van der Waals surface area contributed by atoms with Gasteiger partial charge in [0, 0.05) is 44.0 Å². The van der Waals surface area contributed by atoms with Gasteiger partial charge in [0.15, 0.2) is 23.3 Å². The molecular weight excluding hydrogens is 737 g/mol. The Morgan fingerprint density at radius 2 is 0.800 bits per heavy atom. The second kappa shape index (κ2) is 13.6. The first-order valence-electron chi connectivity index (χ1n) is 19.9. The van der Waals surface area contributed by atoms with Gasteiger partial charge in [0.25, 0.3) is 0 Å². The van der Waals surface area contributed by atoms with Crippen LogP contribution in [0.3, 0.4) is 0 Å². The van der Waals surface area contributed by atoms with Crippen LogP contribution < -0.4 is 4.90 Å². The SMILES string of the molecule is c1ccc(-c2nc(-c3ccccc3)nc(N3c4cccc5cccc(c45)-c4ccc5c(c43)c3ccccc3n5-c3nc(-c4ccccc4)nc(-c4ccccc4)n3)n2)cc1. The molecule has 8 aromatic carbocycles. The van der Waals surface area contributed by atoms with Crippen LogP contribution >= 0.6 is 0 Å². The van der Waals surface area contributed by atoms with E-state index in [9.17, 15) is 0 Å². The van der Waals surface area contributed by atoms with Gasteiger partial charge in [-0.25, -0.2) is 9.97 Å². The standard InChI is InChI=1S/C52H32N8/c1-5-17-34(18-6-1)47-53-48(35-19-7-2-8-20-35)56-51(55-47)59-41-29-14-13-27-40(41)45-43(59)32-31-39-38-28-15-25-33-26-16-30-42(44(33)38)60(46(39)45)52-57-49(36-21-9-3-10-22-36)54-50(58-52)37-23-11-4-12-24-37/h1-32H. The number of anilines is 3. The van der Waals surface area contributed by atoms with E-state index in [1.807, 2.05) is 121 Å². The zero-order chi connectivity index (χ0) is 39.6. The number of rotatable bonds is 6. The summed E-state index contributed by atoms with van der Waals surface area (Å²) in [7, 11) is 0. The Morgan fingerprint density at radius 1 is 0.317 bits per heavy atom. The van der Waals surface area contributed by atoms with Crippen molar-refractivity contribution in [1.82, 2.24) is 34.5 Å². The van der Waals surface area contributed by atoms with Crippen molar-refractivity contribution < 1.29 is 0 Å². The number of benzene rings is 8. The van der Waals surface area contributed by atoms with Crippen LogP contribution in [0.5, 0.6) is 0 Å². The molecular formula is C52H32N8. The van der Waals surface area contributed by atoms with E-state index < -0.39 is 0 Å². The number of fused-ring (bicyclic) bond motifs is 6. The van der Waals surface area contributed by atoms with Crippen LogP contribution in [0.25, 0.3) is 95.2 Å². The normalized spacial score (nSPS) is 12.0. The molecule has 8 nitrogen and oxygen atoms in total. The van der Waals surface area contributed by atoms with E-state index in [2.05, 4.69) is 82.3 Å². The molecule has 11 aromatic rings. The maximum Gasteiger partial charge on any atom is 0.238 e. The maximum absolute atomic E-state index is 5.32. The third-order valence-corrected chi connectivity index (χ3v) is 11.2. The highest BCUT2D eigenvalue weighted by atomic mass is 15.3. The average molecular weight is 769 g/mol. The third-order valence-electron chi connectivity index (χ3n) is 11.2. The average Bonchev–Trinajstić information content (AvgIpc) is 3.67. The van der Waals surface area contributed by atoms with E-state index >= 15 is 0 Å². The number of hydrogen-bond donors (Lipinski definition) is 0. The fourth-order valence-corrected chi connectivity index (χ4v) is 8.56. The summed E-state index contributed by atoms with van der Waals surface area (Å²) in [5.41, 5.74) is 9.71. The van der Waals surface area contributed by atoms with Crippen molar-refractivity contribution in [2.24, 2.45) is 0 Å². The molecule has 0 saturated heterocycles. The molecule has 1 aliphatic heterocycles. The van der Waals surface area contributed by atoms with E-state index in [0.717, 1.165) is 77.3 Å². The molecule has 280 valence electrons. The Labute approximate surface area is 344 Å². The summed E-state index contributed by atoms with van der Waals surface area (Å²) in [6.45, 7) is 0. The van der Waals surface area contributed by atoms with Crippen molar-refractivity contribution in [3.63, 3.8) is 0 Å². The molecule has 4 heterocycles. The summed E-state index contributed by atoms with van der Waals surface area (Å²) < 4.78 is 2.17. The molecule has 0 spiro atoms. The van der Waals surface area contributed by atoms with E-state index in [4.69, 9.17) is 29.9 Å².